The first-order valence-electron chi connectivity index (χ1n) is 17.2. The van der Waals surface area contributed by atoms with Crippen LogP contribution >= 0.6 is 46.4 Å². The van der Waals surface area contributed by atoms with E-state index in [1.165, 1.54) is 0 Å². The number of fused-ring (bicyclic) bond motifs is 2. The highest BCUT2D eigenvalue weighted by Gasteiger charge is 2.20. The SMILES string of the molecule is CCc1c(Cc2ccc(Cl)cc2)c(C)nc2c(Cl)ccc(OCC(=O)O)c12.CCc1nc2c(Cl)ccc(OCC(=O)O)c2c(C)c1Cc1ccc(Cl)cc1. The maximum atomic E-state index is 10.9. The van der Waals surface area contributed by atoms with Gasteiger partial charge in [-0.1, -0.05) is 84.5 Å². The highest BCUT2D eigenvalue weighted by atomic mass is 35.5. The summed E-state index contributed by atoms with van der Waals surface area (Å²) in [7, 11) is 0. The summed E-state index contributed by atoms with van der Waals surface area (Å²) in [6, 6.07) is 22.2. The van der Waals surface area contributed by atoms with Crippen LogP contribution in [0.2, 0.25) is 20.1 Å². The molecular weight excluding hydrogens is 770 g/mol. The van der Waals surface area contributed by atoms with E-state index in [0.717, 1.165) is 68.4 Å². The number of aryl methyl sites for hydroxylation is 4. The average Bonchev–Trinajstić information content (AvgIpc) is 3.14. The van der Waals surface area contributed by atoms with E-state index in [2.05, 4.69) is 13.8 Å². The standard InChI is InChI=1S/2C21H19Cl2NO3/c1-3-17-15(10-13-4-6-14(22)7-5-13)12(2)20-18(27-11-19(25)26)9-8-16(23)21(20)24-17;1-3-15-16(10-13-4-6-14(22)7-5-13)12(2)24-21-17(23)8-9-18(20(15)21)27-11-19(25)26/h2*4-9H,3,10-11H2,1-2H3,(H,25,26). The van der Waals surface area contributed by atoms with Gasteiger partial charge in [-0.15, -0.1) is 0 Å². The van der Waals surface area contributed by atoms with Crippen molar-refractivity contribution >= 4 is 80.1 Å². The summed E-state index contributed by atoms with van der Waals surface area (Å²) in [4.78, 5) is 31.3. The molecule has 0 aliphatic carbocycles. The normalized spacial score (nSPS) is 11.0. The van der Waals surface area contributed by atoms with Gasteiger partial charge >= 0.3 is 11.9 Å². The molecule has 0 aliphatic heterocycles. The van der Waals surface area contributed by atoms with Crippen molar-refractivity contribution in [3.05, 3.63) is 138 Å². The van der Waals surface area contributed by atoms with Crippen LogP contribution in [0.5, 0.6) is 11.5 Å². The van der Waals surface area contributed by atoms with E-state index >= 15 is 0 Å². The number of hydrogen-bond donors (Lipinski definition) is 2. The molecule has 8 nitrogen and oxygen atoms in total. The Labute approximate surface area is 333 Å². The van der Waals surface area contributed by atoms with E-state index in [1.54, 1.807) is 24.3 Å². The zero-order valence-corrected chi connectivity index (χ0v) is 33.1. The zero-order chi connectivity index (χ0) is 39.1. The fraction of sp³-hybridized carbons (Fsp3) is 0.238. The van der Waals surface area contributed by atoms with Crippen LogP contribution in [0.3, 0.4) is 0 Å². The predicted molar refractivity (Wildman–Crippen MR) is 217 cm³/mol. The fourth-order valence-electron chi connectivity index (χ4n) is 6.43. The van der Waals surface area contributed by atoms with Gasteiger partial charge in [0.05, 0.1) is 21.1 Å². The number of carboxylic acid groups (broad SMARTS) is 2. The highest BCUT2D eigenvalue weighted by Crippen LogP contribution is 2.38. The van der Waals surface area contributed by atoms with Crippen LogP contribution in [-0.4, -0.2) is 45.3 Å². The van der Waals surface area contributed by atoms with Crippen LogP contribution in [0.4, 0.5) is 0 Å². The van der Waals surface area contributed by atoms with Crippen molar-refractivity contribution in [3.63, 3.8) is 0 Å². The summed E-state index contributed by atoms with van der Waals surface area (Å²) >= 11 is 24.7. The Morgan fingerprint density at radius 2 is 1.06 bits per heavy atom. The van der Waals surface area contributed by atoms with Crippen LogP contribution in [-0.2, 0) is 35.3 Å². The van der Waals surface area contributed by atoms with E-state index in [1.807, 2.05) is 62.4 Å². The van der Waals surface area contributed by atoms with Gasteiger partial charge in [0, 0.05) is 32.2 Å². The Bertz CT molecular complexity index is 2270. The summed E-state index contributed by atoms with van der Waals surface area (Å²) in [6.07, 6.45) is 2.89. The molecule has 6 aromatic rings. The molecule has 4 aromatic carbocycles. The van der Waals surface area contributed by atoms with Gasteiger partial charge in [0.25, 0.3) is 0 Å². The summed E-state index contributed by atoms with van der Waals surface area (Å²) in [5, 5.41) is 21.9. The molecule has 0 saturated carbocycles. The van der Waals surface area contributed by atoms with Crippen LogP contribution < -0.4 is 9.47 Å². The molecule has 280 valence electrons. The predicted octanol–water partition coefficient (Wildman–Crippen LogP) is 10.9. The summed E-state index contributed by atoms with van der Waals surface area (Å²) in [5.74, 6) is -1.10. The molecule has 0 unspecified atom stereocenters. The van der Waals surface area contributed by atoms with Crippen molar-refractivity contribution in [1.82, 2.24) is 9.97 Å². The minimum Gasteiger partial charge on any atom is -0.481 e. The van der Waals surface area contributed by atoms with E-state index in [-0.39, 0.29) is 0 Å². The first kappa shape index (κ1) is 40.6. The molecule has 2 N–H and O–H groups in total. The lowest BCUT2D eigenvalue weighted by Gasteiger charge is -2.18. The number of nitrogens with zero attached hydrogens (tertiary/aromatic N) is 2. The lowest BCUT2D eigenvalue weighted by atomic mass is 9.93. The Balaban J connectivity index is 0.000000208. The highest BCUT2D eigenvalue weighted by molar-refractivity contribution is 6.36. The molecule has 0 fully saturated rings. The van der Waals surface area contributed by atoms with Crippen molar-refractivity contribution in [2.24, 2.45) is 0 Å². The monoisotopic (exact) mass is 806 g/mol. The van der Waals surface area contributed by atoms with Crippen molar-refractivity contribution in [3.8, 4) is 11.5 Å². The van der Waals surface area contributed by atoms with Gasteiger partial charge in [-0.05, 0) is 121 Å². The Kier molecular flexibility index (Phi) is 13.6. The van der Waals surface area contributed by atoms with Gasteiger partial charge in [0.2, 0.25) is 0 Å². The second kappa shape index (κ2) is 18.2. The second-order valence-electron chi connectivity index (χ2n) is 12.5. The van der Waals surface area contributed by atoms with E-state index in [0.29, 0.717) is 55.5 Å². The summed E-state index contributed by atoms with van der Waals surface area (Å²) in [6.45, 7) is 7.24. The minimum absolute atomic E-state index is 0.416. The Morgan fingerprint density at radius 1 is 0.593 bits per heavy atom. The van der Waals surface area contributed by atoms with E-state index in [9.17, 15) is 9.59 Å². The van der Waals surface area contributed by atoms with E-state index < -0.39 is 25.2 Å². The largest absolute Gasteiger partial charge is 0.481 e. The fourth-order valence-corrected chi connectivity index (χ4v) is 7.08. The van der Waals surface area contributed by atoms with Gasteiger partial charge in [-0.2, -0.15) is 0 Å². The molecule has 6 rings (SSSR count). The number of carboxylic acids is 2. The maximum absolute atomic E-state index is 10.9. The minimum atomic E-state index is -1.03. The number of carbonyl (C=O) groups is 2. The molecule has 54 heavy (non-hydrogen) atoms. The van der Waals surface area contributed by atoms with Crippen molar-refractivity contribution < 1.29 is 29.3 Å². The van der Waals surface area contributed by atoms with Gasteiger partial charge in [-0.25, -0.2) is 9.59 Å². The van der Waals surface area contributed by atoms with Crippen LogP contribution in [0.25, 0.3) is 21.8 Å². The number of halogens is 4. The van der Waals surface area contributed by atoms with Crippen molar-refractivity contribution in [2.45, 2.75) is 53.4 Å². The molecule has 0 atom stereocenters. The smallest absolute Gasteiger partial charge is 0.341 e. The number of aromatic nitrogens is 2. The number of hydrogen-bond acceptors (Lipinski definition) is 6. The van der Waals surface area contributed by atoms with Crippen molar-refractivity contribution in [1.29, 1.82) is 0 Å². The quantitative estimate of drug-likeness (QED) is 0.125. The topological polar surface area (TPSA) is 119 Å². The number of aliphatic carboxylic acids is 2. The number of pyridine rings is 2. The molecule has 0 spiro atoms. The maximum Gasteiger partial charge on any atom is 0.341 e. The van der Waals surface area contributed by atoms with Crippen LogP contribution in [0, 0.1) is 13.8 Å². The number of rotatable bonds is 12. The Morgan fingerprint density at radius 3 is 1.52 bits per heavy atom. The molecule has 0 saturated heterocycles. The first-order chi connectivity index (χ1) is 25.8. The first-order valence-corrected chi connectivity index (χ1v) is 18.7. The molecule has 0 bridgehead atoms. The van der Waals surface area contributed by atoms with Gasteiger partial charge < -0.3 is 19.7 Å². The Hall–Kier alpha value is -4.60. The zero-order valence-electron chi connectivity index (χ0n) is 30.1. The third-order valence-corrected chi connectivity index (χ3v) is 10.1. The third-order valence-electron chi connectivity index (χ3n) is 8.97. The lowest BCUT2D eigenvalue weighted by molar-refractivity contribution is -0.140. The van der Waals surface area contributed by atoms with Gasteiger partial charge in [-0.3, -0.25) is 9.97 Å². The summed E-state index contributed by atoms with van der Waals surface area (Å²) < 4.78 is 11.0. The number of benzene rings is 4. The molecule has 2 heterocycles. The van der Waals surface area contributed by atoms with Crippen LogP contribution in [0.15, 0.2) is 72.8 Å². The average molecular weight is 809 g/mol. The van der Waals surface area contributed by atoms with Crippen molar-refractivity contribution in [2.75, 3.05) is 13.2 Å². The van der Waals surface area contributed by atoms with E-state index in [4.69, 9.17) is 76.1 Å². The molecule has 0 aliphatic rings. The molecule has 12 heteroatoms. The second-order valence-corrected chi connectivity index (χ2v) is 14.2. The number of ether oxygens (including phenoxy) is 2. The van der Waals surface area contributed by atoms with Crippen LogP contribution in [0.1, 0.15) is 58.6 Å². The molecular formula is C42H38Cl4N2O6. The molecule has 2 aromatic heterocycles. The third kappa shape index (κ3) is 9.54. The summed E-state index contributed by atoms with van der Waals surface area (Å²) in [5.41, 5.74) is 9.61. The molecule has 0 amide bonds. The van der Waals surface area contributed by atoms with Gasteiger partial charge in [0.15, 0.2) is 13.2 Å². The molecule has 0 radical (unpaired) electrons. The van der Waals surface area contributed by atoms with Gasteiger partial charge in [0.1, 0.15) is 11.5 Å². The lowest BCUT2D eigenvalue weighted by Crippen LogP contribution is -2.11.